The van der Waals surface area contributed by atoms with E-state index >= 15 is 0 Å². The Balaban J connectivity index is 1.90. The van der Waals surface area contributed by atoms with Gasteiger partial charge in [-0.05, 0) is 35.2 Å². The number of anilines is 1. The predicted octanol–water partition coefficient (Wildman–Crippen LogP) is 4.22. The third kappa shape index (κ3) is 3.38. The number of aromatic nitrogens is 3. The summed E-state index contributed by atoms with van der Waals surface area (Å²) in [6.45, 7) is 6.28. The Morgan fingerprint density at radius 1 is 0.966 bits per heavy atom. The molecule has 0 fully saturated rings. The molecule has 0 bridgehead atoms. The van der Waals surface area contributed by atoms with E-state index in [1.165, 1.54) is 3.97 Å². The summed E-state index contributed by atoms with van der Waals surface area (Å²) in [6.07, 6.45) is 3.16. The highest BCUT2D eigenvalue weighted by molar-refractivity contribution is 7.90. The second-order valence-electron chi connectivity index (χ2n) is 7.94. The molecule has 0 saturated heterocycles. The molecule has 29 heavy (non-hydrogen) atoms. The lowest BCUT2D eigenvalue weighted by molar-refractivity contribution is 0.583. The zero-order chi connectivity index (χ0) is 20.8. The number of nitrogens with two attached hydrogens (primary N) is 1. The normalized spacial score (nSPS) is 12.4. The summed E-state index contributed by atoms with van der Waals surface area (Å²) >= 11 is 0. The number of fused-ring (bicyclic) bond motifs is 1. The van der Waals surface area contributed by atoms with Gasteiger partial charge in [0.25, 0.3) is 10.0 Å². The zero-order valence-electron chi connectivity index (χ0n) is 16.5. The molecule has 0 aliphatic heterocycles. The molecule has 7 heteroatoms. The van der Waals surface area contributed by atoms with E-state index in [9.17, 15) is 8.42 Å². The minimum absolute atomic E-state index is 0.0530. The van der Waals surface area contributed by atoms with Crippen molar-refractivity contribution in [2.45, 2.75) is 31.1 Å². The third-order valence-corrected chi connectivity index (χ3v) is 6.59. The van der Waals surface area contributed by atoms with Crippen LogP contribution in [-0.4, -0.2) is 22.4 Å². The molecule has 148 valence electrons. The molecule has 6 nitrogen and oxygen atoms in total. The van der Waals surface area contributed by atoms with Crippen LogP contribution in [0.25, 0.3) is 22.2 Å². The summed E-state index contributed by atoms with van der Waals surface area (Å²) in [5.41, 5.74) is 8.59. The van der Waals surface area contributed by atoms with Crippen molar-refractivity contribution >= 4 is 26.9 Å². The molecule has 4 rings (SSSR count). The Kier molecular flexibility index (Phi) is 4.42. The maximum atomic E-state index is 13.4. The van der Waals surface area contributed by atoms with Crippen molar-refractivity contribution in [3.8, 4) is 11.3 Å². The SMILES string of the molecule is CC(C)(C)c1ccc(S(=O)(=O)n2cc(-c3ccnc(N)n3)c3ccccc32)cc1. The molecule has 0 radical (unpaired) electrons. The Morgan fingerprint density at radius 3 is 2.31 bits per heavy atom. The van der Waals surface area contributed by atoms with Crippen LogP contribution in [-0.2, 0) is 15.4 Å². The van der Waals surface area contributed by atoms with E-state index < -0.39 is 10.0 Å². The van der Waals surface area contributed by atoms with Gasteiger partial charge in [0.15, 0.2) is 0 Å². The minimum Gasteiger partial charge on any atom is -0.368 e. The van der Waals surface area contributed by atoms with E-state index in [4.69, 9.17) is 5.73 Å². The lowest BCUT2D eigenvalue weighted by atomic mass is 9.87. The van der Waals surface area contributed by atoms with Crippen LogP contribution in [0.1, 0.15) is 26.3 Å². The molecule has 0 unspecified atom stereocenters. The van der Waals surface area contributed by atoms with Gasteiger partial charge in [0.05, 0.1) is 16.1 Å². The monoisotopic (exact) mass is 406 g/mol. The van der Waals surface area contributed by atoms with Gasteiger partial charge in [-0.15, -0.1) is 0 Å². The average Bonchev–Trinajstić information content (AvgIpc) is 3.08. The molecule has 0 aliphatic rings. The molecule has 0 spiro atoms. The van der Waals surface area contributed by atoms with Crippen molar-refractivity contribution in [2.75, 3.05) is 5.73 Å². The minimum atomic E-state index is -3.78. The summed E-state index contributed by atoms with van der Waals surface area (Å²) < 4.78 is 28.2. The molecule has 4 aromatic rings. The van der Waals surface area contributed by atoms with Crippen LogP contribution in [0.5, 0.6) is 0 Å². The smallest absolute Gasteiger partial charge is 0.268 e. The Hall–Kier alpha value is -3.19. The molecule has 2 N–H and O–H groups in total. The van der Waals surface area contributed by atoms with Crippen LogP contribution < -0.4 is 5.73 Å². The first-order valence-corrected chi connectivity index (χ1v) is 10.7. The van der Waals surface area contributed by atoms with E-state index in [-0.39, 0.29) is 16.3 Å². The van der Waals surface area contributed by atoms with Gasteiger partial charge in [0, 0.05) is 23.3 Å². The van der Waals surface area contributed by atoms with E-state index in [0.29, 0.717) is 16.8 Å². The molecule has 2 aromatic carbocycles. The van der Waals surface area contributed by atoms with Gasteiger partial charge in [-0.25, -0.2) is 22.4 Å². The number of benzene rings is 2. The summed E-state index contributed by atoms with van der Waals surface area (Å²) in [6, 6.07) is 16.1. The van der Waals surface area contributed by atoms with E-state index in [0.717, 1.165) is 10.9 Å². The number of nitrogen functional groups attached to an aromatic ring is 1. The average molecular weight is 407 g/mol. The summed E-state index contributed by atoms with van der Waals surface area (Å²) in [7, 11) is -3.78. The predicted molar refractivity (Wildman–Crippen MR) is 115 cm³/mol. The maximum absolute atomic E-state index is 13.4. The first kappa shape index (κ1) is 19.1. The van der Waals surface area contributed by atoms with Crippen LogP contribution in [0.15, 0.2) is 71.9 Å². The fourth-order valence-corrected chi connectivity index (χ4v) is 4.69. The Labute approximate surface area is 170 Å². The molecular weight excluding hydrogens is 384 g/mol. The van der Waals surface area contributed by atoms with Crippen molar-refractivity contribution in [1.29, 1.82) is 0 Å². The lowest BCUT2D eigenvalue weighted by Gasteiger charge is -2.19. The summed E-state index contributed by atoms with van der Waals surface area (Å²) in [4.78, 5) is 8.41. The van der Waals surface area contributed by atoms with Gasteiger partial charge in [-0.1, -0.05) is 51.1 Å². The Bertz CT molecular complexity index is 1300. The molecule has 2 aromatic heterocycles. The number of rotatable bonds is 3. The fraction of sp³-hybridized carbons (Fsp3) is 0.182. The highest BCUT2D eigenvalue weighted by atomic mass is 32.2. The first-order chi connectivity index (χ1) is 13.7. The van der Waals surface area contributed by atoms with Gasteiger partial charge in [0.1, 0.15) is 0 Å². The number of hydrogen-bond acceptors (Lipinski definition) is 5. The third-order valence-electron chi connectivity index (χ3n) is 4.91. The van der Waals surface area contributed by atoms with Gasteiger partial charge in [-0.2, -0.15) is 0 Å². The van der Waals surface area contributed by atoms with Crippen LogP contribution >= 0.6 is 0 Å². The molecular formula is C22H22N4O2S. The zero-order valence-corrected chi connectivity index (χ0v) is 17.3. The van der Waals surface area contributed by atoms with Crippen molar-refractivity contribution < 1.29 is 8.42 Å². The maximum Gasteiger partial charge on any atom is 0.268 e. The molecule has 2 heterocycles. The molecule has 0 saturated carbocycles. The van der Waals surface area contributed by atoms with Crippen molar-refractivity contribution in [1.82, 2.24) is 13.9 Å². The quantitative estimate of drug-likeness (QED) is 0.550. The molecule has 0 aliphatic carbocycles. The highest BCUT2D eigenvalue weighted by Gasteiger charge is 2.23. The van der Waals surface area contributed by atoms with Crippen LogP contribution in [0.2, 0.25) is 0 Å². The standard InChI is InChI=1S/C22H22N4O2S/c1-22(2,3)15-8-10-16(11-9-15)29(27,28)26-14-18(17-6-4-5-7-20(17)26)19-12-13-24-21(23)25-19/h4-14H,1-3H3,(H2,23,24,25). The largest absolute Gasteiger partial charge is 0.368 e. The molecule has 0 atom stereocenters. The van der Waals surface area contributed by atoms with E-state index in [1.807, 2.05) is 30.3 Å². The van der Waals surface area contributed by atoms with E-state index in [1.54, 1.807) is 36.7 Å². The van der Waals surface area contributed by atoms with Gasteiger partial charge in [-0.3, -0.25) is 0 Å². The summed E-state index contributed by atoms with van der Waals surface area (Å²) in [5.74, 6) is 0.139. The topological polar surface area (TPSA) is 90.9 Å². The first-order valence-electron chi connectivity index (χ1n) is 9.23. The van der Waals surface area contributed by atoms with Gasteiger partial charge < -0.3 is 5.73 Å². The van der Waals surface area contributed by atoms with Gasteiger partial charge >= 0.3 is 0 Å². The van der Waals surface area contributed by atoms with Crippen LogP contribution in [0.3, 0.4) is 0 Å². The fourth-order valence-electron chi connectivity index (χ4n) is 3.32. The van der Waals surface area contributed by atoms with Crippen LogP contribution in [0.4, 0.5) is 5.95 Å². The highest BCUT2D eigenvalue weighted by Crippen LogP contribution is 2.32. The van der Waals surface area contributed by atoms with Crippen LogP contribution in [0, 0.1) is 0 Å². The van der Waals surface area contributed by atoms with E-state index in [2.05, 4.69) is 30.7 Å². The van der Waals surface area contributed by atoms with Crippen molar-refractivity contribution in [3.63, 3.8) is 0 Å². The van der Waals surface area contributed by atoms with Crippen molar-refractivity contribution in [3.05, 3.63) is 72.6 Å². The molecule has 0 amide bonds. The Morgan fingerprint density at radius 2 is 1.66 bits per heavy atom. The summed E-state index contributed by atoms with van der Waals surface area (Å²) in [5, 5.41) is 0.778. The van der Waals surface area contributed by atoms with Gasteiger partial charge in [0.2, 0.25) is 5.95 Å². The second kappa shape index (κ2) is 6.70. The number of nitrogens with zero attached hydrogens (tertiary/aromatic N) is 3. The lowest BCUT2D eigenvalue weighted by Crippen LogP contribution is -2.14. The second-order valence-corrected chi connectivity index (χ2v) is 9.75. The number of hydrogen-bond donors (Lipinski definition) is 1. The van der Waals surface area contributed by atoms with Crippen molar-refractivity contribution in [2.24, 2.45) is 0 Å². The number of para-hydroxylation sites is 1.